The molecule has 3 aromatic rings. The molecule has 1 saturated heterocycles. The summed E-state index contributed by atoms with van der Waals surface area (Å²) in [5, 5.41) is 23.0. The van der Waals surface area contributed by atoms with E-state index < -0.39 is 27.2 Å². The highest BCUT2D eigenvalue weighted by Gasteiger charge is 2.33. The second-order valence-corrected chi connectivity index (χ2v) is 12.5. The SMILES string of the molecule is C=CC(=O)N1CCN(c2c(C#N)c(=O)n(C3=C(C)C=CN[C@@H]3C(C)C)c3nc(-c4c(Cl)c(O)c(F)c(Cl)c4Cl)c(Cl)cc23)CC1. The molecule has 0 bridgehead atoms. The number of dihydropyridines is 1. The van der Waals surface area contributed by atoms with Crippen LogP contribution in [0.25, 0.3) is 28.0 Å². The van der Waals surface area contributed by atoms with E-state index in [2.05, 4.69) is 18.0 Å². The fourth-order valence-electron chi connectivity index (χ4n) is 5.71. The van der Waals surface area contributed by atoms with Crippen LogP contribution in [0.4, 0.5) is 10.1 Å². The van der Waals surface area contributed by atoms with Gasteiger partial charge in [0.1, 0.15) is 17.3 Å². The quantitative estimate of drug-likeness (QED) is 0.176. The van der Waals surface area contributed by atoms with Crippen LogP contribution in [0.5, 0.6) is 5.75 Å². The first-order chi connectivity index (χ1) is 21.3. The van der Waals surface area contributed by atoms with Crippen LogP contribution >= 0.6 is 46.4 Å². The topological polar surface area (TPSA) is 114 Å². The van der Waals surface area contributed by atoms with Crippen molar-refractivity contribution in [2.45, 2.75) is 26.8 Å². The van der Waals surface area contributed by atoms with Crippen LogP contribution in [0.1, 0.15) is 26.3 Å². The number of phenols is 1. The molecule has 2 aliphatic heterocycles. The van der Waals surface area contributed by atoms with Gasteiger partial charge in [-0.05, 0) is 42.8 Å². The molecule has 1 fully saturated rings. The average molecular weight is 692 g/mol. The largest absolute Gasteiger partial charge is 0.504 e. The van der Waals surface area contributed by atoms with Crippen molar-refractivity contribution in [3.63, 3.8) is 0 Å². The highest BCUT2D eigenvalue weighted by molar-refractivity contribution is 6.47. The summed E-state index contributed by atoms with van der Waals surface area (Å²) in [6, 6.07) is 3.28. The number of carbonyl (C=O) groups is 1. The molecular formula is C31H27Cl4FN6O3. The summed E-state index contributed by atoms with van der Waals surface area (Å²) in [6.45, 7) is 10.6. The van der Waals surface area contributed by atoms with Gasteiger partial charge in [-0.3, -0.25) is 14.2 Å². The third-order valence-electron chi connectivity index (χ3n) is 7.96. The number of hydrogen-bond donors (Lipinski definition) is 2. The van der Waals surface area contributed by atoms with E-state index in [0.717, 1.165) is 5.57 Å². The second kappa shape index (κ2) is 12.6. The van der Waals surface area contributed by atoms with E-state index in [1.807, 2.05) is 31.7 Å². The lowest BCUT2D eigenvalue weighted by Gasteiger charge is -2.37. The molecule has 0 aliphatic carbocycles. The van der Waals surface area contributed by atoms with E-state index in [-0.39, 0.29) is 50.4 Å². The Morgan fingerprint density at radius 3 is 2.47 bits per heavy atom. The van der Waals surface area contributed by atoms with E-state index in [0.29, 0.717) is 42.9 Å². The Balaban J connectivity index is 1.90. The maximum Gasteiger partial charge on any atom is 0.276 e. The monoisotopic (exact) mass is 690 g/mol. The second-order valence-electron chi connectivity index (χ2n) is 11.0. The molecule has 14 heteroatoms. The first-order valence-electron chi connectivity index (χ1n) is 13.9. The van der Waals surface area contributed by atoms with Crippen molar-refractivity contribution in [1.82, 2.24) is 19.8 Å². The van der Waals surface area contributed by atoms with Crippen molar-refractivity contribution in [2.75, 3.05) is 31.1 Å². The van der Waals surface area contributed by atoms with Crippen molar-refractivity contribution in [1.29, 1.82) is 5.26 Å². The van der Waals surface area contributed by atoms with E-state index in [1.54, 1.807) is 11.1 Å². The van der Waals surface area contributed by atoms with Crippen LogP contribution in [0, 0.1) is 23.1 Å². The van der Waals surface area contributed by atoms with E-state index in [1.165, 1.54) is 16.7 Å². The number of rotatable bonds is 5. The third-order valence-corrected chi connectivity index (χ3v) is 9.45. The molecule has 0 spiro atoms. The molecule has 9 nitrogen and oxygen atoms in total. The number of benzene rings is 1. The van der Waals surface area contributed by atoms with E-state index in [4.69, 9.17) is 51.4 Å². The van der Waals surface area contributed by atoms with Crippen molar-refractivity contribution in [3.8, 4) is 23.1 Å². The summed E-state index contributed by atoms with van der Waals surface area (Å²) in [5.74, 6) is -2.37. The molecule has 4 heterocycles. The Labute approximate surface area is 278 Å². The summed E-state index contributed by atoms with van der Waals surface area (Å²) in [6.07, 6.45) is 4.84. The summed E-state index contributed by atoms with van der Waals surface area (Å²) in [5.41, 5.74) is 0.764. The predicted molar refractivity (Wildman–Crippen MR) is 177 cm³/mol. The average Bonchev–Trinajstić information content (AvgIpc) is 3.02. The lowest BCUT2D eigenvalue weighted by Crippen LogP contribution is -2.49. The van der Waals surface area contributed by atoms with Gasteiger partial charge >= 0.3 is 0 Å². The minimum Gasteiger partial charge on any atom is -0.504 e. The first-order valence-corrected chi connectivity index (χ1v) is 15.4. The van der Waals surface area contributed by atoms with Gasteiger partial charge < -0.3 is 20.2 Å². The van der Waals surface area contributed by atoms with Gasteiger partial charge in [0.15, 0.2) is 11.6 Å². The number of hydrogen-bond acceptors (Lipinski definition) is 7. The number of carbonyl (C=O) groups excluding carboxylic acids is 1. The number of nitriles is 1. The molecule has 2 aliphatic rings. The number of phenolic OH excluding ortho intramolecular Hbond substituents is 1. The zero-order valence-electron chi connectivity index (χ0n) is 24.4. The maximum absolute atomic E-state index is 14.5. The molecule has 1 atom stereocenters. The molecule has 45 heavy (non-hydrogen) atoms. The molecular weight excluding hydrogens is 665 g/mol. The maximum atomic E-state index is 14.5. The Morgan fingerprint density at radius 1 is 1.20 bits per heavy atom. The van der Waals surface area contributed by atoms with Gasteiger partial charge in [-0.15, -0.1) is 0 Å². The highest BCUT2D eigenvalue weighted by Crippen LogP contribution is 2.48. The van der Waals surface area contributed by atoms with Crippen LogP contribution in [-0.4, -0.2) is 57.7 Å². The van der Waals surface area contributed by atoms with Gasteiger partial charge in [0.05, 0.1) is 43.2 Å². The van der Waals surface area contributed by atoms with Crippen molar-refractivity contribution in [2.24, 2.45) is 5.92 Å². The number of halogens is 5. The number of aromatic nitrogens is 2. The number of anilines is 1. The Hall–Kier alpha value is -3.75. The molecule has 1 amide bonds. The molecule has 0 radical (unpaired) electrons. The zero-order chi connectivity index (χ0) is 32.9. The van der Waals surface area contributed by atoms with Crippen LogP contribution in [-0.2, 0) is 4.79 Å². The summed E-state index contributed by atoms with van der Waals surface area (Å²) in [4.78, 5) is 35.0. The number of allylic oxidation sites excluding steroid dienone is 2. The summed E-state index contributed by atoms with van der Waals surface area (Å²) >= 11 is 25.7. The van der Waals surface area contributed by atoms with E-state index >= 15 is 0 Å². The Kier molecular flexibility index (Phi) is 9.11. The van der Waals surface area contributed by atoms with Gasteiger partial charge in [0, 0.05) is 37.1 Å². The smallest absolute Gasteiger partial charge is 0.276 e. The van der Waals surface area contributed by atoms with Crippen molar-refractivity contribution in [3.05, 3.63) is 78.4 Å². The fraction of sp³-hybridized carbons (Fsp3) is 0.290. The summed E-state index contributed by atoms with van der Waals surface area (Å²) in [7, 11) is 0. The van der Waals surface area contributed by atoms with Gasteiger partial charge in [-0.1, -0.05) is 66.8 Å². The zero-order valence-corrected chi connectivity index (χ0v) is 27.4. The lowest BCUT2D eigenvalue weighted by atomic mass is 9.94. The first kappa shape index (κ1) is 32.6. The number of pyridine rings is 2. The van der Waals surface area contributed by atoms with Crippen LogP contribution < -0.4 is 15.8 Å². The van der Waals surface area contributed by atoms with E-state index in [9.17, 15) is 24.3 Å². The molecule has 1 aromatic carbocycles. The standard InChI is InChI=1S/C31H27Cl4FN6O3/c1-5-19(43)40-8-10-41(11-9-40)28-16-12-18(32)26(20-21(33)23(35)24(36)29(44)22(20)34)39-30(16)42(31(45)17(28)13-37)27-15(4)6-7-38-25(27)14(2)3/h5-7,12,14,25,38,44H,1,8-11H2,2-4H3/t25-/m1/s1. The van der Waals surface area contributed by atoms with Gasteiger partial charge in [-0.25, -0.2) is 9.37 Å². The van der Waals surface area contributed by atoms with Crippen LogP contribution in [0.2, 0.25) is 20.1 Å². The number of amides is 1. The fourth-order valence-corrected chi connectivity index (χ4v) is 6.73. The van der Waals surface area contributed by atoms with Crippen LogP contribution in [0.3, 0.4) is 0 Å². The molecule has 234 valence electrons. The van der Waals surface area contributed by atoms with Gasteiger partial charge in [0.25, 0.3) is 5.56 Å². The Morgan fingerprint density at radius 2 is 1.87 bits per heavy atom. The molecule has 5 rings (SSSR count). The molecule has 0 saturated carbocycles. The minimum absolute atomic E-state index is 0.00560. The minimum atomic E-state index is -1.21. The van der Waals surface area contributed by atoms with Crippen molar-refractivity contribution < 1.29 is 14.3 Å². The van der Waals surface area contributed by atoms with Gasteiger partial charge in [0.2, 0.25) is 5.91 Å². The van der Waals surface area contributed by atoms with Crippen LogP contribution in [0.15, 0.2) is 41.4 Å². The molecule has 2 aromatic heterocycles. The molecule has 0 unspecified atom stereocenters. The lowest BCUT2D eigenvalue weighted by molar-refractivity contribution is -0.126. The Bertz CT molecular complexity index is 1910. The number of aromatic hydroxyl groups is 1. The number of piperazine rings is 1. The number of fused-ring (bicyclic) bond motifs is 1. The van der Waals surface area contributed by atoms with Gasteiger partial charge in [-0.2, -0.15) is 5.26 Å². The highest BCUT2D eigenvalue weighted by atomic mass is 35.5. The third kappa shape index (κ3) is 5.42. The predicted octanol–water partition coefficient (Wildman–Crippen LogP) is 6.60. The van der Waals surface area contributed by atoms with Crippen molar-refractivity contribution >= 4 is 74.7 Å². The number of nitrogens with zero attached hydrogens (tertiary/aromatic N) is 5. The number of nitrogens with one attached hydrogen (secondary N) is 1. The summed E-state index contributed by atoms with van der Waals surface area (Å²) < 4.78 is 15.9. The molecule has 2 N–H and O–H groups in total. The normalized spacial score (nSPS) is 16.8.